The van der Waals surface area contributed by atoms with Crippen molar-refractivity contribution in [3.63, 3.8) is 0 Å². The van der Waals surface area contributed by atoms with E-state index in [1.807, 2.05) is 9.80 Å². The molecule has 7 heteroatoms. The van der Waals surface area contributed by atoms with Gasteiger partial charge in [0.1, 0.15) is 6.04 Å². The molecule has 1 N–H and O–H groups in total. The minimum atomic E-state index is -0.229. The number of halogens is 1. The zero-order valence-electron chi connectivity index (χ0n) is 11.1. The van der Waals surface area contributed by atoms with Crippen LogP contribution < -0.4 is 5.32 Å². The highest BCUT2D eigenvalue weighted by Crippen LogP contribution is 2.47. The lowest BCUT2D eigenvalue weighted by Crippen LogP contribution is -2.55. The Bertz CT molecular complexity index is 389. The van der Waals surface area contributed by atoms with Gasteiger partial charge in [-0.25, -0.2) is 0 Å². The van der Waals surface area contributed by atoms with E-state index in [0.717, 1.165) is 38.4 Å². The summed E-state index contributed by atoms with van der Waals surface area (Å²) in [6.07, 6.45) is 1.47. The molecule has 0 aliphatic carbocycles. The lowest BCUT2D eigenvalue weighted by Gasteiger charge is -2.34. The van der Waals surface area contributed by atoms with Gasteiger partial charge in [0.2, 0.25) is 11.8 Å². The summed E-state index contributed by atoms with van der Waals surface area (Å²) in [6.45, 7) is 5.33. The molecule has 0 saturated carbocycles. The zero-order chi connectivity index (χ0) is 12.8. The monoisotopic (exact) mass is 305 g/mol. The predicted octanol–water partition coefficient (Wildman–Crippen LogP) is 0.294. The normalized spacial score (nSPS) is 34.2. The zero-order valence-corrected chi connectivity index (χ0v) is 12.7. The fourth-order valence-electron chi connectivity index (χ4n) is 3.10. The van der Waals surface area contributed by atoms with Crippen LogP contribution in [0.1, 0.15) is 19.8 Å². The van der Waals surface area contributed by atoms with Crippen LogP contribution in [-0.2, 0) is 9.59 Å². The van der Waals surface area contributed by atoms with Crippen molar-refractivity contribution in [1.82, 2.24) is 15.1 Å². The molecule has 3 fully saturated rings. The second-order valence-corrected chi connectivity index (χ2v) is 6.84. The lowest BCUT2D eigenvalue weighted by molar-refractivity contribution is -0.144. The molecule has 2 unspecified atom stereocenters. The predicted molar refractivity (Wildman–Crippen MR) is 77.4 cm³/mol. The van der Waals surface area contributed by atoms with E-state index in [2.05, 4.69) is 12.2 Å². The van der Waals surface area contributed by atoms with Gasteiger partial charge in [-0.05, 0) is 13.3 Å². The minimum absolute atomic E-state index is 0. The summed E-state index contributed by atoms with van der Waals surface area (Å²) in [7, 11) is 0. The van der Waals surface area contributed by atoms with E-state index in [1.54, 1.807) is 11.8 Å². The highest BCUT2D eigenvalue weighted by Gasteiger charge is 2.53. The summed E-state index contributed by atoms with van der Waals surface area (Å²) in [4.78, 5) is 28.1. The number of hydrogen-bond donors (Lipinski definition) is 1. The van der Waals surface area contributed by atoms with Crippen molar-refractivity contribution in [1.29, 1.82) is 0 Å². The Morgan fingerprint density at radius 2 is 2.11 bits per heavy atom. The molecule has 0 aromatic rings. The first kappa shape index (κ1) is 14.9. The fourth-order valence-corrected chi connectivity index (χ4v) is 4.52. The van der Waals surface area contributed by atoms with Crippen LogP contribution in [0.2, 0.25) is 0 Å². The average molecular weight is 306 g/mol. The second-order valence-electron chi connectivity index (χ2n) is 5.34. The van der Waals surface area contributed by atoms with Gasteiger partial charge in [-0.3, -0.25) is 9.59 Å². The van der Waals surface area contributed by atoms with E-state index in [4.69, 9.17) is 0 Å². The van der Waals surface area contributed by atoms with Crippen molar-refractivity contribution in [3.8, 4) is 0 Å². The molecule has 108 valence electrons. The van der Waals surface area contributed by atoms with Crippen LogP contribution in [0.15, 0.2) is 0 Å². The third-order valence-electron chi connectivity index (χ3n) is 4.16. The van der Waals surface area contributed by atoms with Crippen LogP contribution in [0.3, 0.4) is 0 Å². The van der Waals surface area contributed by atoms with Crippen LogP contribution in [0, 0.1) is 0 Å². The van der Waals surface area contributed by atoms with E-state index in [9.17, 15) is 9.59 Å². The number of thioether (sulfide) groups is 1. The number of nitrogens with one attached hydrogen (secondary N) is 1. The molecule has 3 heterocycles. The van der Waals surface area contributed by atoms with Crippen molar-refractivity contribution in [3.05, 3.63) is 0 Å². The number of rotatable bonds is 1. The van der Waals surface area contributed by atoms with Crippen molar-refractivity contribution in [2.75, 3.05) is 31.9 Å². The molecule has 2 atom stereocenters. The topological polar surface area (TPSA) is 52.7 Å². The summed E-state index contributed by atoms with van der Waals surface area (Å²) in [5.41, 5.74) is 0. The lowest BCUT2D eigenvalue weighted by atomic mass is 10.2. The maximum atomic E-state index is 12.5. The number of carbonyl (C=O) groups excluding carboxylic acids is 2. The molecule has 5 nitrogen and oxygen atoms in total. The van der Waals surface area contributed by atoms with E-state index in [-0.39, 0.29) is 35.1 Å². The van der Waals surface area contributed by atoms with Crippen molar-refractivity contribution in [2.24, 2.45) is 0 Å². The molecule has 2 amide bonds. The summed E-state index contributed by atoms with van der Waals surface area (Å²) in [5.74, 6) is 1.05. The molecular weight excluding hydrogens is 286 g/mol. The third-order valence-corrected chi connectivity index (χ3v) is 5.66. The van der Waals surface area contributed by atoms with E-state index < -0.39 is 0 Å². The third kappa shape index (κ3) is 2.45. The fraction of sp³-hybridized carbons (Fsp3) is 0.833. The molecule has 0 spiro atoms. The molecule has 19 heavy (non-hydrogen) atoms. The number of piperazine rings is 1. The number of amides is 2. The summed E-state index contributed by atoms with van der Waals surface area (Å²) in [6, 6.07) is -0.229. The smallest absolute Gasteiger partial charge is 0.246 e. The van der Waals surface area contributed by atoms with E-state index in [0.29, 0.717) is 6.42 Å². The van der Waals surface area contributed by atoms with Gasteiger partial charge in [-0.2, -0.15) is 0 Å². The van der Waals surface area contributed by atoms with E-state index >= 15 is 0 Å². The second kappa shape index (κ2) is 5.50. The maximum absolute atomic E-state index is 12.5. The Balaban J connectivity index is 0.00000133. The van der Waals surface area contributed by atoms with Gasteiger partial charge in [-0.15, -0.1) is 24.2 Å². The van der Waals surface area contributed by atoms with Crippen LogP contribution in [-0.4, -0.2) is 64.5 Å². The highest BCUT2D eigenvalue weighted by molar-refractivity contribution is 8.01. The molecule has 3 rings (SSSR count). The van der Waals surface area contributed by atoms with Crippen molar-refractivity contribution >= 4 is 36.0 Å². The van der Waals surface area contributed by atoms with Gasteiger partial charge < -0.3 is 15.1 Å². The first-order valence-electron chi connectivity index (χ1n) is 6.57. The minimum Gasteiger partial charge on any atom is -0.338 e. The number of carbonyl (C=O) groups is 2. The van der Waals surface area contributed by atoms with Crippen LogP contribution in [0.4, 0.5) is 0 Å². The number of hydrogen-bond acceptors (Lipinski definition) is 4. The highest BCUT2D eigenvalue weighted by atomic mass is 35.5. The Kier molecular flexibility index (Phi) is 4.32. The van der Waals surface area contributed by atoms with Gasteiger partial charge in [0, 0.05) is 38.4 Å². The number of fused-ring (bicyclic) bond motifs is 1. The standard InChI is InChI=1S/C12H19N3O2S.ClH/c1-12-3-2-10(16)15(12)9(8-18-12)11(17)14-6-4-13-5-7-14;/h9,13H,2-8H2,1H3;1H. The van der Waals surface area contributed by atoms with Gasteiger partial charge in [-0.1, -0.05) is 0 Å². The maximum Gasteiger partial charge on any atom is 0.246 e. The first-order valence-corrected chi connectivity index (χ1v) is 7.56. The summed E-state index contributed by atoms with van der Waals surface area (Å²) < 4.78 is 0. The van der Waals surface area contributed by atoms with Gasteiger partial charge >= 0.3 is 0 Å². The Morgan fingerprint density at radius 1 is 1.42 bits per heavy atom. The SMILES string of the molecule is CC12CCC(=O)N1C(C(=O)N1CCNCC1)CS2.Cl. The molecule has 0 radical (unpaired) electrons. The van der Waals surface area contributed by atoms with E-state index in [1.165, 1.54) is 0 Å². The average Bonchev–Trinajstić information content (AvgIpc) is 2.87. The van der Waals surface area contributed by atoms with Crippen LogP contribution >= 0.6 is 24.2 Å². The Labute approximate surface area is 123 Å². The molecule has 0 aromatic carbocycles. The molecule has 0 bridgehead atoms. The van der Waals surface area contributed by atoms with Gasteiger partial charge in [0.05, 0.1) is 4.87 Å². The largest absolute Gasteiger partial charge is 0.338 e. The molecule has 3 aliphatic heterocycles. The van der Waals surface area contributed by atoms with Crippen molar-refractivity contribution in [2.45, 2.75) is 30.7 Å². The van der Waals surface area contributed by atoms with Crippen LogP contribution in [0.5, 0.6) is 0 Å². The molecule has 3 aliphatic rings. The molecular formula is C12H20ClN3O2S. The van der Waals surface area contributed by atoms with Gasteiger partial charge in [0.15, 0.2) is 0 Å². The molecule has 0 aromatic heterocycles. The molecule has 3 saturated heterocycles. The Morgan fingerprint density at radius 3 is 2.79 bits per heavy atom. The Hall–Kier alpha value is -0.460. The summed E-state index contributed by atoms with van der Waals surface area (Å²) >= 11 is 1.76. The van der Waals surface area contributed by atoms with Crippen molar-refractivity contribution < 1.29 is 9.59 Å². The summed E-state index contributed by atoms with van der Waals surface area (Å²) in [5, 5.41) is 3.24. The number of nitrogens with zero attached hydrogens (tertiary/aromatic N) is 2. The quantitative estimate of drug-likeness (QED) is 0.757. The first-order chi connectivity index (χ1) is 8.62. The van der Waals surface area contributed by atoms with Crippen LogP contribution in [0.25, 0.3) is 0 Å². The van der Waals surface area contributed by atoms with Gasteiger partial charge in [0.25, 0.3) is 0 Å².